The largest absolute Gasteiger partial charge is 0.481 e. The Morgan fingerprint density at radius 1 is 1.54 bits per heavy atom. The average Bonchev–Trinajstić information content (AvgIpc) is 2.55. The highest BCUT2D eigenvalue weighted by molar-refractivity contribution is 7.99. The van der Waals surface area contributed by atoms with E-state index in [0.29, 0.717) is 0 Å². The van der Waals surface area contributed by atoms with E-state index < -0.39 is 5.97 Å². The molecular formula is C8H13NO3S. The molecule has 1 fully saturated rings. The Labute approximate surface area is 81.1 Å². The van der Waals surface area contributed by atoms with Gasteiger partial charge in [-0.2, -0.15) is 11.8 Å². The summed E-state index contributed by atoms with van der Waals surface area (Å²) in [4.78, 5) is 21.5. The van der Waals surface area contributed by atoms with Crippen LogP contribution in [-0.4, -0.2) is 35.0 Å². The van der Waals surface area contributed by atoms with E-state index >= 15 is 0 Å². The van der Waals surface area contributed by atoms with Gasteiger partial charge in [0.25, 0.3) is 0 Å². The minimum absolute atomic E-state index is 0.00556. The first-order valence-electron chi connectivity index (χ1n) is 4.27. The van der Waals surface area contributed by atoms with Crippen molar-refractivity contribution >= 4 is 23.6 Å². The van der Waals surface area contributed by atoms with Gasteiger partial charge in [0, 0.05) is 18.2 Å². The lowest BCUT2D eigenvalue weighted by molar-refractivity contribution is -0.137. The number of rotatable bonds is 4. The lowest BCUT2D eigenvalue weighted by Gasteiger charge is -2.07. The molecule has 1 amide bonds. The van der Waals surface area contributed by atoms with E-state index in [1.807, 2.05) is 0 Å². The van der Waals surface area contributed by atoms with Gasteiger partial charge in [-0.1, -0.05) is 0 Å². The molecule has 0 aromatic heterocycles. The van der Waals surface area contributed by atoms with Crippen molar-refractivity contribution < 1.29 is 14.7 Å². The Bertz CT molecular complexity index is 202. The van der Waals surface area contributed by atoms with Crippen LogP contribution in [0.5, 0.6) is 0 Å². The molecule has 1 heterocycles. The molecule has 13 heavy (non-hydrogen) atoms. The van der Waals surface area contributed by atoms with E-state index in [4.69, 9.17) is 5.11 Å². The Hall–Kier alpha value is -0.710. The highest BCUT2D eigenvalue weighted by Gasteiger charge is 2.22. The van der Waals surface area contributed by atoms with Crippen LogP contribution in [0.25, 0.3) is 0 Å². The minimum atomic E-state index is -0.874. The van der Waals surface area contributed by atoms with E-state index in [2.05, 4.69) is 5.32 Å². The average molecular weight is 203 g/mol. The molecule has 74 valence electrons. The molecule has 5 heteroatoms. The summed E-state index contributed by atoms with van der Waals surface area (Å²) in [5.41, 5.74) is 0. The Kier molecular flexibility index (Phi) is 4.08. The van der Waals surface area contributed by atoms with Crippen LogP contribution in [0.1, 0.15) is 12.8 Å². The molecule has 1 aliphatic heterocycles. The first-order valence-corrected chi connectivity index (χ1v) is 5.43. The molecule has 0 bridgehead atoms. The van der Waals surface area contributed by atoms with Crippen LogP contribution in [0.4, 0.5) is 0 Å². The Morgan fingerprint density at radius 3 is 2.85 bits per heavy atom. The molecule has 0 radical (unpaired) electrons. The van der Waals surface area contributed by atoms with Crippen molar-refractivity contribution in [2.75, 3.05) is 18.1 Å². The van der Waals surface area contributed by atoms with Gasteiger partial charge in [-0.05, 0) is 12.2 Å². The molecule has 0 aliphatic carbocycles. The highest BCUT2D eigenvalue weighted by Crippen LogP contribution is 2.23. The number of carbonyl (C=O) groups excluding carboxylic acids is 1. The molecular weight excluding hydrogens is 190 g/mol. The maximum absolute atomic E-state index is 11.3. The third kappa shape index (κ3) is 3.67. The van der Waals surface area contributed by atoms with Crippen LogP contribution >= 0.6 is 11.8 Å². The number of hydrogen-bond acceptors (Lipinski definition) is 3. The molecule has 2 N–H and O–H groups in total. The molecule has 0 aromatic rings. The minimum Gasteiger partial charge on any atom is -0.481 e. The summed E-state index contributed by atoms with van der Waals surface area (Å²) in [5, 5.41) is 11.0. The molecule has 1 atom stereocenters. The molecule has 1 rings (SSSR count). The van der Waals surface area contributed by atoms with Crippen LogP contribution in [0.2, 0.25) is 0 Å². The summed E-state index contributed by atoms with van der Waals surface area (Å²) >= 11 is 1.77. The number of thioether (sulfide) groups is 1. The molecule has 0 saturated carbocycles. The predicted molar refractivity (Wildman–Crippen MR) is 50.7 cm³/mol. The number of carboxylic acids is 1. The third-order valence-electron chi connectivity index (χ3n) is 1.94. The van der Waals surface area contributed by atoms with Gasteiger partial charge in [0.15, 0.2) is 0 Å². The van der Waals surface area contributed by atoms with E-state index in [0.717, 1.165) is 17.9 Å². The predicted octanol–water partition coefficient (Wildman–Crippen LogP) is 0.330. The van der Waals surface area contributed by atoms with Crippen LogP contribution in [-0.2, 0) is 9.59 Å². The maximum Gasteiger partial charge on any atom is 0.305 e. The zero-order chi connectivity index (χ0) is 9.68. The quantitative estimate of drug-likeness (QED) is 0.691. The molecule has 1 unspecified atom stereocenters. The van der Waals surface area contributed by atoms with Crippen molar-refractivity contribution in [2.45, 2.75) is 12.8 Å². The van der Waals surface area contributed by atoms with Gasteiger partial charge in [0.1, 0.15) is 0 Å². The van der Waals surface area contributed by atoms with E-state index in [-0.39, 0.29) is 24.8 Å². The van der Waals surface area contributed by atoms with Crippen molar-refractivity contribution in [3.05, 3.63) is 0 Å². The van der Waals surface area contributed by atoms with Gasteiger partial charge in [-0.25, -0.2) is 0 Å². The monoisotopic (exact) mass is 203 g/mol. The third-order valence-corrected chi connectivity index (χ3v) is 3.10. The molecule has 1 saturated heterocycles. The van der Waals surface area contributed by atoms with Gasteiger partial charge in [0.05, 0.1) is 6.42 Å². The smallest absolute Gasteiger partial charge is 0.305 e. The van der Waals surface area contributed by atoms with Crippen LogP contribution in [0.3, 0.4) is 0 Å². The van der Waals surface area contributed by atoms with E-state index in [1.165, 1.54) is 0 Å². The Balaban J connectivity index is 2.13. The molecule has 1 aliphatic rings. The number of carbonyl (C=O) groups is 2. The lowest BCUT2D eigenvalue weighted by Crippen LogP contribution is -2.32. The van der Waals surface area contributed by atoms with Gasteiger partial charge < -0.3 is 10.4 Å². The van der Waals surface area contributed by atoms with Gasteiger partial charge >= 0.3 is 5.97 Å². The second-order valence-electron chi connectivity index (χ2n) is 3.00. The highest BCUT2D eigenvalue weighted by atomic mass is 32.2. The van der Waals surface area contributed by atoms with Crippen molar-refractivity contribution in [1.29, 1.82) is 0 Å². The number of amides is 1. The second kappa shape index (κ2) is 5.11. The maximum atomic E-state index is 11.3. The fourth-order valence-electron chi connectivity index (χ4n) is 1.18. The van der Waals surface area contributed by atoms with Gasteiger partial charge in [-0.3, -0.25) is 9.59 Å². The zero-order valence-electron chi connectivity index (χ0n) is 7.28. The number of nitrogens with one attached hydrogen (secondary N) is 1. The summed E-state index contributed by atoms with van der Waals surface area (Å²) in [6.07, 6.45) is 0.926. The molecule has 0 aromatic carbocycles. The number of aliphatic carboxylic acids is 1. The lowest BCUT2D eigenvalue weighted by atomic mass is 10.1. The summed E-state index contributed by atoms with van der Waals surface area (Å²) < 4.78 is 0. The van der Waals surface area contributed by atoms with Crippen molar-refractivity contribution in [2.24, 2.45) is 5.92 Å². The molecule has 4 nitrogen and oxygen atoms in total. The Morgan fingerprint density at radius 2 is 2.31 bits per heavy atom. The van der Waals surface area contributed by atoms with E-state index in [9.17, 15) is 9.59 Å². The zero-order valence-corrected chi connectivity index (χ0v) is 8.10. The van der Waals surface area contributed by atoms with Crippen molar-refractivity contribution in [3.63, 3.8) is 0 Å². The van der Waals surface area contributed by atoms with Gasteiger partial charge in [-0.15, -0.1) is 0 Å². The van der Waals surface area contributed by atoms with Crippen LogP contribution in [0.15, 0.2) is 0 Å². The van der Waals surface area contributed by atoms with Crippen molar-refractivity contribution in [1.82, 2.24) is 5.32 Å². The summed E-state index contributed by atoms with van der Waals surface area (Å²) in [5.74, 6) is 1.14. The first kappa shape index (κ1) is 10.4. The van der Waals surface area contributed by atoms with Crippen LogP contribution < -0.4 is 5.32 Å². The van der Waals surface area contributed by atoms with Gasteiger partial charge in [0.2, 0.25) is 5.91 Å². The fraction of sp³-hybridized carbons (Fsp3) is 0.750. The van der Waals surface area contributed by atoms with E-state index in [1.54, 1.807) is 11.8 Å². The second-order valence-corrected chi connectivity index (χ2v) is 4.15. The summed E-state index contributed by atoms with van der Waals surface area (Å²) in [6, 6.07) is 0. The van der Waals surface area contributed by atoms with Crippen molar-refractivity contribution in [3.8, 4) is 0 Å². The number of carboxylic acid groups (broad SMARTS) is 1. The fourth-order valence-corrected chi connectivity index (χ4v) is 2.40. The standard InChI is InChI=1S/C8H13NO3S/c10-7(11)1-3-9-8(12)6-2-4-13-5-6/h6H,1-5H2,(H,9,12)(H,10,11). The molecule has 0 spiro atoms. The number of hydrogen-bond donors (Lipinski definition) is 2. The summed E-state index contributed by atoms with van der Waals surface area (Å²) in [6.45, 7) is 0.245. The SMILES string of the molecule is O=C(O)CCNC(=O)C1CCSC1. The topological polar surface area (TPSA) is 66.4 Å². The normalized spacial score (nSPS) is 21.4. The first-order chi connectivity index (χ1) is 6.20. The summed E-state index contributed by atoms with van der Waals surface area (Å²) in [7, 11) is 0. The van der Waals surface area contributed by atoms with Crippen LogP contribution in [0, 0.1) is 5.92 Å².